The number of hydrogen-bond donors (Lipinski definition) is 3. The van der Waals surface area contributed by atoms with Crippen molar-refractivity contribution in [1.82, 2.24) is 0 Å². The Morgan fingerprint density at radius 3 is 3.00 bits per heavy atom. The molecule has 21 heavy (non-hydrogen) atoms. The molecule has 0 radical (unpaired) electrons. The fourth-order valence-electron chi connectivity index (χ4n) is 2.10. The van der Waals surface area contributed by atoms with E-state index in [9.17, 15) is 9.90 Å². The van der Waals surface area contributed by atoms with E-state index in [1.807, 2.05) is 6.07 Å². The van der Waals surface area contributed by atoms with Crippen LogP contribution in [0.15, 0.2) is 36.4 Å². The number of carbonyl (C=O) groups is 1. The smallest absolute Gasteiger partial charge is 0.262 e. The van der Waals surface area contributed by atoms with Crippen LogP contribution in [-0.4, -0.2) is 17.6 Å². The van der Waals surface area contributed by atoms with Crippen LogP contribution in [-0.2, 0) is 11.3 Å². The minimum absolute atomic E-state index is 0.000625. The van der Waals surface area contributed by atoms with E-state index in [2.05, 4.69) is 10.6 Å². The van der Waals surface area contributed by atoms with Gasteiger partial charge in [0, 0.05) is 12.6 Å². The molecule has 0 fully saturated rings. The number of benzene rings is 2. The predicted octanol–water partition coefficient (Wildman–Crippen LogP) is 2.99. The number of fused-ring (bicyclic) bond motifs is 1. The van der Waals surface area contributed by atoms with E-state index >= 15 is 0 Å². The van der Waals surface area contributed by atoms with E-state index in [4.69, 9.17) is 16.3 Å². The minimum atomic E-state index is -0.195. The van der Waals surface area contributed by atoms with Gasteiger partial charge in [-0.05, 0) is 23.8 Å². The highest BCUT2D eigenvalue weighted by atomic mass is 35.5. The molecule has 5 nitrogen and oxygen atoms in total. The number of aromatic hydroxyl groups is 1. The van der Waals surface area contributed by atoms with Gasteiger partial charge in [-0.3, -0.25) is 4.79 Å². The number of phenolic OH excluding ortho intramolecular Hbond substituents is 1. The van der Waals surface area contributed by atoms with Gasteiger partial charge in [0.2, 0.25) is 0 Å². The topological polar surface area (TPSA) is 70.6 Å². The van der Waals surface area contributed by atoms with Gasteiger partial charge in [-0.15, -0.1) is 0 Å². The first-order valence-electron chi connectivity index (χ1n) is 6.40. The quantitative estimate of drug-likeness (QED) is 0.815. The molecular formula is C15H13ClN2O3. The summed E-state index contributed by atoms with van der Waals surface area (Å²) in [5.41, 5.74) is 2.20. The Balaban J connectivity index is 1.78. The molecule has 3 N–H and O–H groups in total. The van der Waals surface area contributed by atoms with Gasteiger partial charge in [0.25, 0.3) is 5.91 Å². The molecule has 1 amide bonds. The summed E-state index contributed by atoms with van der Waals surface area (Å²) >= 11 is 6.19. The maximum atomic E-state index is 11.2. The van der Waals surface area contributed by atoms with E-state index in [0.29, 0.717) is 28.7 Å². The summed E-state index contributed by atoms with van der Waals surface area (Å²) in [5, 5.41) is 15.8. The molecule has 0 saturated heterocycles. The van der Waals surface area contributed by atoms with Gasteiger partial charge in [0.15, 0.2) is 6.61 Å². The van der Waals surface area contributed by atoms with E-state index in [1.165, 1.54) is 0 Å². The molecule has 3 rings (SSSR count). The largest absolute Gasteiger partial charge is 0.508 e. The Kier molecular flexibility index (Phi) is 3.58. The normalized spacial score (nSPS) is 13.1. The van der Waals surface area contributed by atoms with Gasteiger partial charge in [0.05, 0.1) is 16.4 Å². The summed E-state index contributed by atoms with van der Waals surface area (Å²) in [5.74, 6) is 0.605. The third kappa shape index (κ3) is 3.03. The zero-order chi connectivity index (χ0) is 14.8. The van der Waals surface area contributed by atoms with Crippen molar-refractivity contribution in [3.05, 3.63) is 47.0 Å². The molecule has 0 unspecified atom stereocenters. The highest BCUT2D eigenvalue weighted by molar-refractivity contribution is 6.33. The van der Waals surface area contributed by atoms with Crippen LogP contribution < -0.4 is 15.4 Å². The van der Waals surface area contributed by atoms with Gasteiger partial charge in [-0.1, -0.05) is 23.7 Å². The van der Waals surface area contributed by atoms with Crippen LogP contribution in [0.4, 0.5) is 11.4 Å². The van der Waals surface area contributed by atoms with Crippen molar-refractivity contribution >= 4 is 28.9 Å². The van der Waals surface area contributed by atoms with Gasteiger partial charge >= 0.3 is 0 Å². The maximum absolute atomic E-state index is 11.2. The maximum Gasteiger partial charge on any atom is 0.262 e. The van der Waals surface area contributed by atoms with E-state index in [0.717, 1.165) is 5.56 Å². The van der Waals surface area contributed by atoms with Gasteiger partial charge < -0.3 is 20.5 Å². The number of ether oxygens (including phenoxy) is 1. The van der Waals surface area contributed by atoms with Crippen LogP contribution in [0.25, 0.3) is 0 Å². The third-order valence-corrected chi connectivity index (χ3v) is 3.41. The second-order valence-electron chi connectivity index (χ2n) is 4.69. The van der Waals surface area contributed by atoms with Gasteiger partial charge in [-0.2, -0.15) is 0 Å². The molecule has 1 aliphatic heterocycles. The van der Waals surface area contributed by atoms with Crippen molar-refractivity contribution in [2.24, 2.45) is 0 Å². The average Bonchev–Trinajstić information content (AvgIpc) is 2.45. The predicted molar refractivity (Wildman–Crippen MR) is 81.0 cm³/mol. The second kappa shape index (κ2) is 5.54. The molecule has 0 spiro atoms. The lowest BCUT2D eigenvalue weighted by Gasteiger charge is -2.20. The fraction of sp³-hybridized carbons (Fsp3) is 0.133. The molecule has 2 aromatic rings. The molecule has 0 aliphatic carbocycles. The van der Waals surface area contributed by atoms with Crippen molar-refractivity contribution in [3.8, 4) is 11.5 Å². The summed E-state index contributed by atoms with van der Waals surface area (Å²) in [7, 11) is 0. The Morgan fingerprint density at radius 1 is 1.33 bits per heavy atom. The number of anilines is 2. The van der Waals surface area contributed by atoms with Crippen molar-refractivity contribution in [3.63, 3.8) is 0 Å². The first-order valence-corrected chi connectivity index (χ1v) is 6.77. The summed E-state index contributed by atoms with van der Waals surface area (Å²) in [6.45, 7) is 0.514. The lowest BCUT2D eigenvalue weighted by molar-refractivity contribution is -0.118. The first kappa shape index (κ1) is 13.6. The molecular weight excluding hydrogens is 292 g/mol. The Bertz CT molecular complexity index is 703. The van der Waals surface area contributed by atoms with Crippen LogP contribution in [0.1, 0.15) is 5.56 Å². The van der Waals surface area contributed by atoms with Gasteiger partial charge in [0.1, 0.15) is 11.5 Å². The number of phenols is 1. The minimum Gasteiger partial charge on any atom is -0.508 e. The zero-order valence-electron chi connectivity index (χ0n) is 11.0. The average molecular weight is 305 g/mol. The number of nitrogens with one attached hydrogen (secondary N) is 2. The fourth-order valence-corrected chi connectivity index (χ4v) is 2.33. The molecule has 0 bridgehead atoms. The Morgan fingerprint density at radius 2 is 2.19 bits per heavy atom. The van der Waals surface area contributed by atoms with Crippen LogP contribution in [0, 0.1) is 0 Å². The standard InChI is InChI=1S/C15H13ClN2O3/c16-11-5-13-14(21-8-15(20)18-13)6-12(11)17-7-9-2-1-3-10(19)4-9/h1-6,17,19H,7-8H2,(H,18,20). The second-order valence-corrected chi connectivity index (χ2v) is 5.10. The Labute approximate surface area is 126 Å². The Hall–Kier alpha value is -2.40. The van der Waals surface area contributed by atoms with Crippen LogP contribution in [0.5, 0.6) is 11.5 Å². The van der Waals surface area contributed by atoms with E-state index in [1.54, 1.807) is 30.3 Å². The molecule has 1 heterocycles. The third-order valence-electron chi connectivity index (χ3n) is 3.10. The van der Waals surface area contributed by atoms with Crippen LogP contribution in [0.3, 0.4) is 0 Å². The van der Waals surface area contributed by atoms with Crippen molar-refractivity contribution in [2.45, 2.75) is 6.54 Å². The molecule has 108 valence electrons. The van der Waals surface area contributed by atoms with Crippen LogP contribution >= 0.6 is 11.6 Å². The molecule has 1 aliphatic rings. The van der Waals surface area contributed by atoms with Gasteiger partial charge in [-0.25, -0.2) is 0 Å². The number of rotatable bonds is 3. The monoisotopic (exact) mass is 304 g/mol. The number of carbonyl (C=O) groups excluding carboxylic acids is 1. The lowest BCUT2D eigenvalue weighted by Crippen LogP contribution is -2.25. The first-order chi connectivity index (χ1) is 10.1. The van der Waals surface area contributed by atoms with Crippen molar-refractivity contribution in [1.29, 1.82) is 0 Å². The molecule has 0 saturated carbocycles. The van der Waals surface area contributed by atoms with E-state index < -0.39 is 0 Å². The number of hydrogen-bond acceptors (Lipinski definition) is 4. The summed E-state index contributed by atoms with van der Waals surface area (Å²) in [4.78, 5) is 11.2. The molecule has 0 atom stereocenters. The summed E-state index contributed by atoms with van der Waals surface area (Å²) in [6.07, 6.45) is 0. The summed E-state index contributed by atoms with van der Waals surface area (Å²) in [6, 6.07) is 10.4. The molecule has 2 aromatic carbocycles. The zero-order valence-corrected chi connectivity index (χ0v) is 11.8. The lowest BCUT2D eigenvalue weighted by atomic mass is 10.2. The SMILES string of the molecule is O=C1COc2cc(NCc3cccc(O)c3)c(Cl)cc2N1. The van der Waals surface area contributed by atoms with E-state index in [-0.39, 0.29) is 18.3 Å². The number of amides is 1. The molecule has 6 heteroatoms. The highest BCUT2D eigenvalue weighted by Gasteiger charge is 2.18. The van der Waals surface area contributed by atoms with Crippen LogP contribution in [0.2, 0.25) is 5.02 Å². The molecule has 0 aromatic heterocycles. The van der Waals surface area contributed by atoms with Crippen molar-refractivity contribution in [2.75, 3.05) is 17.2 Å². The van der Waals surface area contributed by atoms with Crippen molar-refractivity contribution < 1.29 is 14.6 Å². The number of halogens is 1. The summed E-state index contributed by atoms with van der Waals surface area (Å²) < 4.78 is 5.35. The highest BCUT2D eigenvalue weighted by Crippen LogP contribution is 2.36.